The Labute approximate surface area is 124 Å². The maximum Gasteiger partial charge on any atom is 0.411 e. The number of carbonyl (C=O) groups excluding carboxylic acids is 1. The Hall–Kier alpha value is -0.820. The molecular formula is C14H25F3N2O2. The lowest BCUT2D eigenvalue weighted by atomic mass is 9.89. The highest BCUT2D eigenvalue weighted by molar-refractivity contribution is 5.77. The number of hydrogen-bond acceptors (Lipinski definition) is 3. The SMILES string of the molecule is CCCNC1CCN(C(=O)COCC(F)(F)F)CC1CC. The van der Waals surface area contributed by atoms with Crippen molar-refractivity contribution in [2.75, 3.05) is 32.8 Å². The Morgan fingerprint density at radius 2 is 2.10 bits per heavy atom. The Kier molecular flexibility index (Phi) is 7.45. The largest absolute Gasteiger partial charge is 0.411 e. The molecule has 1 fully saturated rings. The first-order valence-corrected chi connectivity index (χ1v) is 7.53. The number of piperidine rings is 1. The van der Waals surface area contributed by atoms with Gasteiger partial charge in [0.15, 0.2) is 0 Å². The van der Waals surface area contributed by atoms with Crippen LogP contribution in [0.1, 0.15) is 33.1 Å². The molecular weight excluding hydrogens is 285 g/mol. The third kappa shape index (κ3) is 6.65. The van der Waals surface area contributed by atoms with E-state index in [1.54, 1.807) is 4.90 Å². The molecule has 7 heteroatoms. The van der Waals surface area contributed by atoms with Crippen LogP contribution in [0.3, 0.4) is 0 Å². The molecule has 124 valence electrons. The van der Waals surface area contributed by atoms with Crippen LogP contribution in [0.4, 0.5) is 13.2 Å². The molecule has 0 aromatic heterocycles. The Balaban J connectivity index is 2.38. The van der Waals surface area contributed by atoms with Crippen LogP contribution in [0.2, 0.25) is 0 Å². The van der Waals surface area contributed by atoms with Gasteiger partial charge in [0.1, 0.15) is 13.2 Å². The molecule has 0 aromatic rings. The molecule has 1 N–H and O–H groups in total. The van der Waals surface area contributed by atoms with Crippen molar-refractivity contribution in [1.82, 2.24) is 10.2 Å². The summed E-state index contributed by atoms with van der Waals surface area (Å²) >= 11 is 0. The van der Waals surface area contributed by atoms with Gasteiger partial charge in [-0.1, -0.05) is 20.3 Å². The average molecular weight is 310 g/mol. The summed E-state index contributed by atoms with van der Waals surface area (Å²) in [5.74, 6) is -0.0106. The Morgan fingerprint density at radius 1 is 1.38 bits per heavy atom. The van der Waals surface area contributed by atoms with Gasteiger partial charge in [-0.25, -0.2) is 0 Å². The highest BCUT2D eigenvalue weighted by Crippen LogP contribution is 2.21. The summed E-state index contributed by atoms with van der Waals surface area (Å²) in [5.41, 5.74) is 0. The minimum absolute atomic E-state index is 0.344. The molecule has 0 aliphatic carbocycles. The number of nitrogens with zero attached hydrogens (tertiary/aromatic N) is 1. The van der Waals surface area contributed by atoms with E-state index < -0.39 is 19.4 Å². The van der Waals surface area contributed by atoms with Crippen LogP contribution in [0.15, 0.2) is 0 Å². The summed E-state index contributed by atoms with van der Waals surface area (Å²) in [7, 11) is 0. The maximum absolute atomic E-state index is 12.0. The number of amides is 1. The van der Waals surface area contributed by atoms with Gasteiger partial charge in [-0.2, -0.15) is 13.2 Å². The third-order valence-electron chi connectivity index (χ3n) is 3.76. The van der Waals surface area contributed by atoms with Crippen molar-refractivity contribution >= 4 is 5.91 Å². The molecule has 1 aliphatic rings. The van der Waals surface area contributed by atoms with Gasteiger partial charge in [-0.15, -0.1) is 0 Å². The number of likely N-dealkylation sites (tertiary alicyclic amines) is 1. The predicted octanol–water partition coefficient (Wildman–Crippen LogP) is 2.19. The summed E-state index contributed by atoms with van der Waals surface area (Å²) in [6, 6.07) is 0.384. The van der Waals surface area contributed by atoms with Gasteiger partial charge in [-0.05, 0) is 25.3 Å². The fourth-order valence-corrected chi connectivity index (χ4v) is 2.62. The van der Waals surface area contributed by atoms with Crippen LogP contribution >= 0.6 is 0 Å². The second kappa shape index (κ2) is 8.58. The number of carbonyl (C=O) groups is 1. The average Bonchev–Trinajstić information content (AvgIpc) is 2.43. The molecule has 0 spiro atoms. The van der Waals surface area contributed by atoms with Crippen LogP contribution in [-0.2, 0) is 9.53 Å². The standard InChI is InChI=1S/C14H25F3N2O2/c1-3-6-18-12-5-7-19(8-11(12)4-2)13(20)9-21-10-14(15,16)17/h11-12,18H,3-10H2,1-2H3. The topological polar surface area (TPSA) is 41.6 Å². The van der Waals surface area contributed by atoms with Crippen molar-refractivity contribution in [2.24, 2.45) is 5.92 Å². The molecule has 0 radical (unpaired) electrons. The zero-order valence-corrected chi connectivity index (χ0v) is 12.7. The lowest BCUT2D eigenvalue weighted by molar-refractivity contribution is -0.178. The highest BCUT2D eigenvalue weighted by atomic mass is 19.4. The van der Waals surface area contributed by atoms with Gasteiger partial charge in [0, 0.05) is 19.1 Å². The predicted molar refractivity (Wildman–Crippen MR) is 73.9 cm³/mol. The molecule has 2 unspecified atom stereocenters. The first-order chi connectivity index (χ1) is 9.87. The number of hydrogen-bond donors (Lipinski definition) is 1. The molecule has 1 rings (SSSR count). The minimum Gasteiger partial charge on any atom is -0.362 e. The van der Waals surface area contributed by atoms with Crippen molar-refractivity contribution < 1.29 is 22.7 Å². The van der Waals surface area contributed by atoms with Gasteiger partial charge in [-0.3, -0.25) is 4.79 Å². The van der Waals surface area contributed by atoms with E-state index in [9.17, 15) is 18.0 Å². The van der Waals surface area contributed by atoms with E-state index in [1.165, 1.54) is 0 Å². The molecule has 1 aliphatic heterocycles. The van der Waals surface area contributed by atoms with Crippen molar-refractivity contribution in [3.63, 3.8) is 0 Å². The van der Waals surface area contributed by atoms with Crippen LogP contribution in [0.5, 0.6) is 0 Å². The molecule has 0 saturated carbocycles. The fourth-order valence-electron chi connectivity index (χ4n) is 2.62. The Bertz CT molecular complexity index is 324. The van der Waals surface area contributed by atoms with Gasteiger partial charge in [0.2, 0.25) is 5.91 Å². The molecule has 0 bridgehead atoms. The van der Waals surface area contributed by atoms with Crippen molar-refractivity contribution in [2.45, 2.75) is 45.3 Å². The summed E-state index contributed by atoms with van der Waals surface area (Å²) in [6.07, 6.45) is -1.55. The molecule has 1 heterocycles. The lowest BCUT2D eigenvalue weighted by Crippen LogP contribution is -2.51. The minimum atomic E-state index is -4.39. The summed E-state index contributed by atoms with van der Waals surface area (Å²) < 4.78 is 40.4. The second-order valence-electron chi connectivity index (χ2n) is 5.47. The number of nitrogens with one attached hydrogen (secondary N) is 1. The van der Waals surface area contributed by atoms with Crippen molar-refractivity contribution in [3.8, 4) is 0 Å². The zero-order chi connectivity index (χ0) is 15.9. The number of halogens is 3. The van der Waals surface area contributed by atoms with E-state index in [1.807, 2.05) is 0 Å². The van der Waals surface area contributed by atoms with Gasteiger partial charge in [0.05, 0.1) is 0 Å². The van der Waals surface area contributed by atoms with E-state index in [4.69, 9.17) is 0 Å². The van der Waals surface area contributed by atoms with Gasteiger partial charge < -0.3 is 15.0 Å². The number of ether oxygens (including phenoxy) is 1. The summed E-state index contributed by atoms with van der Waals surface area (Å²) in [6.45, 7) is 4.42. The second-order valence-corrected chi connectivity index (χ2v) is 5.47. The van der Waals surface area contributed by atoms with Crippen LogP contribution in [0, 0.1) is 5.92 Å². The molecule has 4 nitrogen and oxygen atoms in total. The van der Waals surface area contributed by atoms with Crippen LogP contribution in [-0.4, -0.2) is 55.9 Å². The summed E-state index contributed by atoms with van der Waals surface area (Å²) in [5, 5.41) is 3.48. The fraction of sp³-hybridized carbons (Fsp3) is 0.929. The van der Waals surface area contributed by atoms with Crippen molar-refractivity contribution in [3.05, 3.63) is 0 Å². The number of rotatable bonds is 7. The van der Waals surface area contributed by atoms with E-state index in [0.717, 1.165) is 25.8 Å². The lowest BCUT2D eigenvalue weighted by Gasteiger charge is -2.38. The third-order valence-corrected chi connectivity index (χ3v) is 3.76. The van der Waals surface area contributed by atoms with E-state index in [-0.39, 0.29) is 5.91 Å². The van der Waals surface area contributed by atoms with E-state index in [2.05, 4.69) is 23.9 Å². The first-order valence-electron chi connectivity index (χ1n) is 7.53. The van der Waals surface area contributed by atoms with E-state index >= 15 is 0 Å². The Morgan fingerprint density at radius 3 is 2.67 bits per heavy atom. The first kappa shape index (κ1) is 18.2. The molecule has 2 atom stereocenters. The van der Waals surface area contributed by atoms with Crippen LogP contribution < -0.4 is 5.32 Å². The molecule has 21 heavy (non-hydrogen) atoms. The smallest absolute Gasteiger partial charge is 0.362 e. The maximum atomic E-state index is 12.0. The van der Waals surface area contributed by atoms with Crippen molar-refractivity contribution in [1.29, 1.82) is 0 Å². The monoisotopic (exact) mass is 310 g/mol. The number of alkyl halides is 3. The van der Waals surface area contributed by atoms with Gasteiger partial charge >= 0.3 is 6.18 Å². The summed E-state index contributed by atoms with van der Waals surface area (Å²) in [4.78, 5) is 13.5. The van der Waals surface area contributed by atoms with Gasteiger partial charge in [0.25, 0.3) is 0 Å². The molecule has 0 aromatic carbocycles. The van der Waals surface area contributed by atoms with Crippen LogP contribution in [0.25, 0.3) is 0 Å². The molecule has 1 amide bonds. The quantitative estimate of drug-likeness (QED) is 0.784. The zero-order valence-electron chi connectivity index (χ0n) is 12.7. The highest BCUT2D eigenvalue weighted by Gasteiger charge is 2.31. The van der Waals surface area contributed by atoms with E-state index in [0.29, 0.717) is 25.0 Å². The molecule has 1 saturated heterocycles. The normalized spacial score (nSPS) is 23.4.